The summed E-state index contributed by atoms with van der Waals surface area (Å²) in [6.07, 6.45) is 1.74. The highest BCUT2D eigenvalue weighted by Crippen LogP contribution is 2.17. The van der Waals surface area contributed by atoms with Crippen molar-refractivity contribution in [2.75, 3.05) is 7.11 Å². The molecular formula is C11H8N2O2. The van der Waals surface area contributed by atoms with Crippen molar-refractivity contribution in [3.63, 3.8) is 0 Å². The fourth-order valence-corrected chi connectivity index (χ4v) is 1.51. The van der Waals surface area contributed by atoms with Crippen LogP contribution >= 0.6 is 0 Å². The summed E-state index contributed by atoms with van der Waals surface area (Å²) < 4.78 is 6.30. The molecule has 0 N–H and O–H groups in total. The van der Waals surface area contributed by atoms with Gasteiger partial charge in [0.15, 0.2) is 0 Å². The number of hydrogen-bond donors (Lipinski definition) is 0. The van der Waals surface area contributed by atoms with Crippen molar-refractivity contribution in [1.29, 1.82) is 5.26 Å². The first-order valence-electron chi connectivity index (χ1n) is 4.36. The van der Waals surface area contributed by atoms with Gasteiger partial charge < -0.3 is 9.14 Å². The molecule has 0 saturated heterocycles. The van der Waals surface area contributed by atoms with Crippen LogP contribution in [-0.4, -0.2) is 17.5 Å². The maximum Gasteiger partial charge on any atom is 0.340 e. The number of pyridine rings is 1. The SMILES string of the molecule is COC(=O)c1cc(C#N)n2ccccc12. The lowest BCUT2D eigenvalue weighted by atomic mass is 10.2. The lowest BCUT2D eigenvalue weighted by Crippen LogP contribution is -1.99. The van der Waals surface area contributed by atoms with Gasteiger partial charge >= 0.3 is 5.97 Å². The largest absolute Gasteiger partial charge is 0.465 e. The van der Waals surface area contributed by atoms with Crippen LogP contribution in [0.3, 0.4) is 0 Å². The third-order valence-corrected chi connectivity index (χ3v) is 2.20. The summed E-state index contributed by atoms with van der Waals surface area (Å²) in [6.45, 7) is 0. The van der Waals surface area contributed by atoms with Gasteiger partial charge in [-0.3, -0.25) is 0 Å². The monoisotopic (exact) mass is 200 g/mol. The van der Waals surface area contributed by atoms with Crippen molar-refractivity contribution in [2.45, 2.75) is 0 Å². The summed E-state index contributed by atoms with van der Waals surface area (Å²) in [6, 6.07) is 8.93. The Bertz CT molecular complexity index is 563. The molecule has 0 unspecified atom stereocenters. The fourth-order valence-electron chi connectivity index (χ4n) is 1.51. The Morgan fingerprint density at radius 2 is 2.33 bits per heavy atom. The smallest absolute Gasteiger partial charge is 0.340 e. The zero-order valence-electron chi connectivity index (χ0n) is 8.10. The van der Waals surface area contributed by atoms with Gasteiger partial charge in [-0.1, -0.05) is 6.07 Å². The van der Waals surface area contributed by atoms with Gasteiger partial charge in [0.1, 0.15) is 11.8 Å². The molecule has 4 nitrogen and oxygen atoms in total. The van der Waals surface area contributed by atoms with Gasteiger partial charge in [0.05, 0.1) is 18.2 Å². The number of carbonyl (C=O) groups is 1. The van der Waals surface area contributed by atoms with Gasteiger partial charge in [0.2, 0.25) is 0 Å². The summed E-state index contributed by atoms with van der Waals surface area (Å²) in [5.41, 5.74) is 1.52. The first-order valence-corrected chi connectivity index (χ1v) is 4.36. The summed E-state index contributed by atoms with van der Waals surface area (Å²) in [7, 11) is 1.32. The quantitative estimate of drug-likeness (QED) is 0.657. The van der Waals surface area contributed by atoms with Gasteiger partial charge in [0.25, 0.3) is 0 Å². The van der Waals surface area contributed by atoms with E-state index in [9.17, 15) is 4.79 Å². The van der Waals surface area contributed by atoms with Crippen LogP contribution in [0.25, 0.3) is 5.52 Å². The summed E-state index contributed by atoms with van der Waals surface area (Å²) in [5.74, 6) is -0.430. The highest BCUT2D eigenvalue weighted by Gasteiger charge is 2.14. The Labute approximate surface area is 86.3 Å². The second-order valence-electron chi connectivity index (χ2n) is 3.00. The van der Waals surface area contributed by atoms with Gasteiger partial charge in [0, 0.05) is 6.20 Å². The van der Waals surface area contributed by atoms with Gasteiger partial charge in [-0.15, -0.1) is 0 Å². The van der Waals surface area contributed by atoms with Crippen molar-refractivity contribution in [1.82, 2.24) is 4.40 Å². The van der Waals surface area contributed by atoms with Crippen molar-refractivity contribution >= 4 is 11.5 Å². The van der Waals surface area contributed by atoms with E-state index in [1.807, 2.05) is 12.1 Å². The summed E-state index contributed by atoms with van der Waals surface area (Å²) >= 11 is 0. The molecule has 2 aromatic heterocycles. The molecule has 2 aromatic rings. The van der Waals surface area contributed by atoms with Crippen molar-refractivity contribution < 1.29 is 9.53 Å². The number of fused-ring (bicyclic) bond motifs is 1. The molecule has 0 fully saturated rings. The van der Waals surface area contributed by atoms with E-state index in [0.717, 1.165) is 0 Å². The first kappa shape index (κ1) is 9.28. The van der Waals surface area contributed by atoms with Crippen molar-refractivity contribution in [2.24, 2.45) is 0 Å². The Morgan fingerprint density at radius 3 is 3.00 bits per heavy atom. The molecule has 4 heteroatoms. The predicted molar refractivity (Wildman–Crippen MR) is 53.5 cm³/mol. The van der Waals surface area contributed by atoms with Crippen LogP contribution in [0.1, 0.15) is 16.1 Å². The Hall–Kier alpha value is -2.28. The molecule has 2 heterocycles. The summed E-state index contributed by atoms with van der Waals surface area (Å²) in [5, 5.41) is 8.88. The number of esters is 1. The maximum atomic E-state index is 11.4. The van der Waals surface area contributed by atoms with E-state index >= 15 is 0 Å². The fraction of sp³-hybridized carbons (Fsp3) is 0.0909. The topological polar surface area (TPSA) is 54.5 Å². The molecule has 74 valence electrons. The van der Waals surface area contributed by atoms with Crippen molar-refractivity contribution in [3.8, 4) is 6.07 Å². The second-order valence-corrected chi connectivity index (χ2v) is 3.00. The lowest BCUT2D eigenvalue weighted by Gasteiger charge is -1.97. The maximum absolute atomic E-state index is 11.4. The predicted octanol–water partition coefficient (Wildman–Crippen LogP) is 1.60. The Kier molecular flexibility index (Phi) is 2.14. The first-order chi connectivity index (χ1) is 7.27. The molecule has 0 atom stereocenters. The van der Waals surface area contributed by atoms with E-state index in [0.29, 0.717) is 16.8 Å². The summed E-state index contributed by atoms with van der Waals surface area (Å²) in [4.78, 5) is 11.4. The third-order valence-electron chi connectivity index (χ3n) is 2.20. The molecule has 0 bridgehead atoms. The number of carbonyl (C=O) groups excluding carboxylic acids is 1. The minimum atomic E-state index is -0.430. The Morgan fingerprint density at radius 1 is 1.53 bits per heavy atom. The van der Waals surface area contributed by atoms with Crippen LogP contribution in [0.5, 0.6) is 0 Å². The number of ether oxygens (including phenoxy) is 1. The number of hydrogen-bond acceptors (Lipinski definition) is 3. The zero-order chi connectivity index (χ0) is 10.8. The lowest BCUT2D eigenvalue weighted by molar-refractivity contribution is 0.0603. The van der Waals surface area contributed by atoms with E-state index in [-0.39, 0.29) is 0 Å². The third kappa shape index (κ3) is 1.34. The average Bonchev–Trinajstić information content (AvgIpc) is 2.67. The van der Waals surface area contributed by atoms with E-state index in [1.54, 1.807) is 22.7 Å². The van der Waals surface area contributed by atoms with E-state index in [4.69, 9.17) is 5.26 Å². The minimum Gasteiger partial charge on any atom is -0.465 e. The molecule has 2 rings (SSSR count). The average molecular weight is 200 g/mol. The molecule has 0 saturated carbocycles. The van der Waals surface area contributed by atoms with E-state index < -0.39 is 5.97 Å². The van der Waals surface area contributed by atoms with Gasteiger partial charge in [-0.05, 0) is 18.2 Å². The molecule has 0 spiro atoms. The molecular weight excluding hydrogens is 192 g/mol. The van der Waals surface area contributed by atoms with Gasteiger partial charge in [-0.25, -0.2) is 4.79 Å². The van der Waals surface area contributed by atoms with E-state index in [2.05, 4.69) is 4.74 Å². The van der Waals surface area contributed by atoms with Crippen LogP contribution in [0, 0.1) is 11.3 Å². The molecule has 15 heavy (non-hydrogen) atoms. The Balaban J connectivity index is 2.77. The normalized spacial score (nSPS) is 9.87. The molecule has 0 aromatic carbocycles. The second kappa shape index (κ2) is 3.46. The van der Waals surface area contributed by atoms with Crippen LogP contribution in [-0.2, 0) is 4.74 Å². The zero-order valence-corrected chi connectivity index (χ0v) is 8.10. The van der Waals surface area contributed by atoms with Crippen LogP contribution in [0.4, 0.5) is 0 Å². The molecule has 0 aliphatic rings. The molecule has 0 radical (unpaired) electrons. The molecule has 0 aliphatic heterocycles. The van der Waals surface area contributed by atoms with Crippen molar-refractivity contribution in [3.05, 3.63) is 41.7 Å². The number of aromatic nitrogens is 1. The van der Waals surface area contributed by atoms with Crippen LogP contribution < -0.4 is 0 Å². The van der Waals surface area contributed by atoms with E-state index in [1.165, 1.54) is 13.2 Å². The van der Waals surface area contributed by atoms with Crippen LogP contribution in [0.15, 0.2) is 30.5 Å². The highest BCUT2D eigenvalue weighted by atomic mass is 16.5. The highest BCUT2D eigenvalue weighted by molar-refractivity contribution is 5.97. The number of nitriles is 1. The van der Waals surface area contributed by atoms with Crippen LogP contribution in [0.2, 0.25) is 0 Å². The number of nitrogens with zero attached hydrogens (tertiary/aromatic N) is 2. The molecule has 0 aliphatic carbocycles. The standard InChI is InChI=1S/C11H8N2O2/c1-15-11(14)9-6-8(7-12)13-5-3-2-4-10(9)13/h2-6H,1H3. The number of rotatable bonds is 1. The molecule has 0 amide bonds. The minimum absolute atomic E-state index is 0.412. The number of methoxy groups -OCH3 is 1. The van der Waals surface area contributed by atoms with Gasteiger partial charge in [-0.2, -0.15) is 5.26 Å².